The lowest BCUT2D eigenvalue weighted by Gasteiger charge is -2.35. The Labute approximate surface area is 209 Å². The van der Waals surface area contributed by atoms with Crippen LogP contribution in [0.5, 0.6) is 11.5 Å². The summed E-state index contributed by atoms with van der Waals surface area (Å²) in [6.07, 6.45) is -2.88. The van der Waals surface area contributed by atoms with Crippen molar-refractivity contribution >= 4 is 28.6 Å². The monoisotopic (exact) mass is 515 g/mol. The van der Waals surface area contributed by atoms with Crippen molar-refractivity contribution in [3.05, 3.63) is 12.1 Å². The van der Waals surface area contributed by atoms with Gasteiger partial charge in [0.1, 0.15) is 5.82 Å². The molecule has 3 rings (SSSR count). The zero-order chi connectivity index (χ0) is 27.0. The lowest BCUT2D eigenvalue weighted by molar-refractivity contribution is -0.192. The van der Waals surface area contributed by atoms with Gasteiger partial charge < -0.3 is 30.1 Å². The average Bonchev–Trinajstić information content (AvgIpc) is 2.82. The highest BCUT2D eigenvalue weighted by molar-refractivity contribution is 5.92. The van der Waals surface area contributed by atoms with Gasteiger partial charge in [0.05, 0.1) is 19.7 Å². The Balaban J connectivity index is 0.000000572. The lowest BCUT2D eigenvalue weighted by atomic mass is 10.0. The fourth-order valence-electron chi connectivity index (χ4n) is 3.69. The van der Waals surface area contributed by atoms with E-state index in [1.165, 1.54) is 0 Å². The number of hydrogen-bond donors (Lipinski definition) is 3. The van der Waals surface area contributed by atoms with E-state index >= 15 is 0 Å². The molecule has 0 atom stereocenters. The number of rotatable bonds is 8. The highest BCUT2D eigenvalue weighted by Gasteiger charge is 2.38. The molecular weight excluding hydrogens is 479 g/mol. The molecule has 1 saturated heterocycles. The third-order valence-corrected chi connectivity index (χ3v) is 5.71. The Kier molecular flexibility index (Phi) is 10.4. The third-order valence-electron chi connectivity index (χ3n) is 5.71. The summed E-state index contributed by atoms with van der Waals surface area (Å²) in [7, 11) is 3.29. The van der Waals surface area contributed by atoms with Gasteiger partial charge in [0.25, 0.3) is 0 Å². The first-order valence-electron chi connectivity index (χ1n) is 11.8. The predicted molar refractivity (Wildman–Crippen MR) is 133 cm³/mol. The summed E-state index contributed by atoms with van der Waals surface area (Å²) in [4.78, 5) is 20.9. The van der Waals surface area contributed by atoms with Crippen LogP contribution >= 0.6 is 0 Å². The molecule has 202 valence electrons. The number of ether oxygens (including phenoxy) is 2. The van der Waals surface area contributed by atoms with Gasteiger partial charge >= 0.3 is 12.1 Å². The third kappa shape index (κ3) is 8.28. The van der Waals surface area contributed by atoms with Crippen molar-refractivity contribution in [2.45, 2.75) is 58.8 Å². The fraction of sp³-hybridized carbons (Fsp3) is 0.625. The summed E-state index contributed by atoms with van der Waals surface area (Å²) >= 11 is 0. The number of alkyl halides is 3. The van der Waals surface area contributed by atoms with Crippen LogP contribution in [0, 0.1) is 5.92 Å². The minimum atomic E-state index is -5.08. The number of carboxylic acids is 1. The van der Waals surface area contributed by atoms with E-state index < -0.39 is 12.1 Å². The van der Waals surface area contributed by atoms with Gasteiger partial charge in [-0.1, -0.05) is 13.8 Å². The number of hydrogen-bond acceptors (Lipinski definition) is 8. The maximum atomic E-state index is 10.6. The van der Waals surface area contributed by atoms with E-state index in [4.69, 9.17) is 29.3 Å². The maximum absolute atomic E-state index is 10.6. The van der Waals surface area contributed by atoms with Crippen LogP contribution in [-0.4, -0.2) is 78.1 Å². The van der Waals surface area contributed by atoms with Crippen LogP contribution in [0.2, 0.25) is 0 Å². The number of piperidine rings is 1. The fourth-order valence-corrected chi connectivity index (χ4v) is 3.69. The number of halogens is 3. The molecule has 2 aromatic rings. The largest absolute Gasteiger partial charge is 0.493 e. The Morgan fingerprint density at radius 2 is 1.67 bits per heavy atom. The normalized spacial score (nSPS) is 15.0. The number of nitrogens with zero attached hydrogens (tertiary/aromatic N) is 3. The van der Waals surface area contributed by atoms with Crippen LogP contribution in [0.3, 0.4) is 0 Å². The van der Waals surface area contributed by atoms with Gasteiger partial charge in [0.15, 0.2) is 11.5 Å². The lowest BCUT2D eigenvalue weighted by Crippen LogP contribution is -2.42. The Morgan fingerprint density at radius 1 is 1.11 bits per heavy atom. The molecule has 12 heteroatoms. The number of aromatic nitrogens is 2. The van der Waals surface area contributed by atoms with Gasteiger partial charge in [0.2, 0.25) is 5.95 Å². The van der Waals surface area contributed by atoms with Gasteiger partial charge in [-0.05, 0) is 38.7 Å². The summed E-state index contributed by atoms with van der Waals surface area (Å²) in [5, 5.41) is 15.1. The molecule has 0 amide bonds. The molecule has 0 bridgehead atoms. The van der Waals surface area contributed by atoms with Gasteiger partial charge in [0, 0.05) is 43.2 Å². The van der Waals surface area contributed by atoms with E-state index in [-0.39, 0.29) is 0 Å². The second-order valence-corrected chi connectivity index (χ2v) is 9.25. The first-order valence-corrected chi connectivity index (χ1v) is 11.8. The van der Waals surface area contributed by atoms with Crippen molar-refractivity contribution in [1.29, 1.82) is 0 Å². The zero-order valence-electron chi connectivity index (χ0n) is 21.6. The van der Waals surface area contributed by atoms with Crippen molar-refractivity contribution < 1.29 is 32.5 Å². The van der Waals surface area contributed by atoms with Crippen LogP contribution in [0.1, 0.15) is 40.5 Å². The highest BCUT2D eigenvalue weighted by Crippen LogP contribution is 2.35. The quantitative estimate of drug-likeness (QED) is 0.464. The van der Waals surface area contributed by atoms with Crippen LogP contribution < -0.4 is 20.1 Å². The Hall–Kier alpha value is -3.02. The molecule has 1 aliphatic rings. The number of carbonyl (C=O) groups is 1. The number of likely N-dealkylation sites (tertiary alicyclic amines) is 1. The summed E-state index contributed by atoms with van der Waals surface area (Å²) in [5.74, 6) is 0.601. The Morgan fingerprint density at radius 3 is 2.14 bits per heavy atom. The molecule has 2 heterocycles. The van der Waals surface area contributed by atoms with Crippen LogP contribution in [0.4, 0.5) is 24.9 Å². The van der Waals surface area contributed by atoms with Gasteiger partial charge in [-0.3, -0.25) is 0 Å². The van der Waals surface area contributed by atoms with Crippen LogP contribution in [0.15, 0.2) is 12.1 Å². The second kappa shape index (κ2) is 12.8. The van der Waals surface area contributed by atoms with Crippen molar-refractivity contribution in [2.24, 2.45) is 5.92 Å². The van der Waals surface area contributed by atoms with Crippen LogP contribution in [-0.2, 0) is 4.79 Å². The molecule has 1 fully saturated rings. The van der Waals surface area contributed by atoms with E-state index in [0.29, 0.717) is 35.4 Å². The number of nitrogens with one attached hydrogen (secondary N) is 2. The molecule has 0 saturated carbocycles. The molecule has 3 N–H and O–H groups in total. The highest BCUT2D eigenvalue weighted by atomic mass is 19.4. The number of methoxy groups -OCH3 is 2. The van der Waals surface area contributed by atoms with Crippen molar-refractivity contribution in [3.8, 4) is 11.5 Å². The summed E-state index contributed by atoms with van der Waals surface area (Å²) < 4.78 is 42.7. The standard InChI is InChI=1S/C22H35N5O2.C2HF3O2/c1-14(2)13-23-22-25-18-12-20(29-6)19(28-5)11-17(18)21(26-22)24-16-7-9-27(10-8-16)15(3)4;3-2(4,5)1(6)7/h11-12,14-16H,7-10,13H2,1-6H3,(H2,23,24,25,26);(H,6,7). The molecule has 0 spiro atoms. The van der Waals surface area contributed by atoms with Crippen molar-refractivity contribution in [2.75, 3.05) is 44.5 Å². The van der Waals surface area contributed by atoms with Gasteiger partial charge in [-0.25, -0.2) is 9.78 Å². The van der Waals surface area contributed by atoms with E-state index in [2.05, 4.69) is 43.2 Å². The molecule has 9 nitrogen and oxygen atoms in total. The molecule has 36 heavy (non-hydrogen) atoms. The number of benzene rings is 1. The molecule has 1 aromatic heterocycles. The maximum Gasteiger partial charge on any atom is 0.490 e. The minimum absolute atomic E-state index is 0.397. The summed E-state index contributed by atoms with van der Waals surface area (Å²) in [6, 6.07) is 4.88. The SMILES string of the molecule is COc1cc2nc(NCC(C)C)nc(NC3CCN(C(C)C)CC3)c2cc1OC.O=C(O)C(F)(F)F. The number of anilines is 2. The molecule has 1 aromatic carbocycles. The summed E-state index contributed by atoms with van der Waals surface area (Å²) in [5.41, 5.74) is 0.839. The number of carboxylic acid groups (broad SMARTS) is 1. The topological polar surface area (TPSA) is 109 Å². The molecule has 0 aliphatic carbocycles. The van der Waals surface area contributed by atoms with E-state index in [9.17, 15) is 13.2 Å². The molecule has 0 radical (unpaired) electrons. The van der Waals surface area contributed by atoms with Crippen molar-refractivity contribution in [3.63, 3.8) is 0 Å². The smallest absolute Gasteiger partial charge is 0.490 e. The van der Waals surface area contributed by atoms with E-state index in [0.717, 1.165) is 49.2 Å². The molecular formula is C24H36F3N5O4. The van der Waals surface area contributed by atoms with Gasteiger partial charge in [-0.2, -0.15) is 18.2 Å². The molecule has 1 aliphatic heterocycles. The van der Waals surface area contributed by atoms with Gasteiger partial charge in [-0.15, -0.1) is 0 Å². The predicted octanol–water partition coefficient (Wildman–Crippen LogP) is 4.63. The zero-order valence-corrected chi connectivity index (χ0v) is 21.6. The van der Waals surface area contributed by atoms with E-state index in [1.807, 2.05) is 12.1 Å². The number of fused-ring (bicyclic) bond motifs is 1. The first-order chi connectivity index (χ1) is 16.8. The minimum Gasteiger partial charge on any atom is -0.493 e. The second-order valence-electron chi connectivity index (χ2n) is 9.25. The average molecular weight is 516 g/mol. The Bertz CT molecular complexity index is 1010. The number of aliphatic carboxylic acids is 1. The van der Waals surface area contributed by atoms with E-state index in [1.54, 1.807) is 14.2 Å². The summed E-state index contributed by atoms with van der Waals surface area (Å²) in [6.45, 7) is 11.9. The van der Waals surface area contributed by atoms with Crippen LogP contribution in [0.25, 0.3) is 10.9 Å². The van der Waals surface area contributed by atoms with Crippen molar-refractivity contribution in [1.82, 2.24) is 14.9 Å². The molecule has 0 unspecified atom stereocenters. The first kappa shape index (κ1) is 29.2.